The molecule has 1 aliphatic rings. The molecule has 0 spiro atoms. The van der Waals surface area contributed by atoms with E-state index in [9.17, 15) is 9.59 Å². The lowest BCUT2D eigenvalue weighted by Crippen LogP contribution is -2.49. The minimum Gasteiger partial charge on any atom is -0.354 e. The molecule has 0 bridgehead atoms. The van der Waals surface area contributed by atoms with Gasteiger partial charge in [-0.05, 0) is 31.4 Å². The minimum absolute atomic E-state index is 0.0131. The van der Waals surface area contributed by atoms with Crippen molar-refractivity contribution in [3.63, 3.8) is 0 Å². The molecule has 0 saturated carbocycles. The monoisotopic (exact) mass is 290 g/mol. The van der Waals surface area contributed by atoms with Gasteiger partial charge in [0, 0.05) is 44.5 Å². The summed E-state index contributed by atoms with van der Waals surface area (Å²) in [5, 5.41) is 2.86. The third-order valence-electron chi connectivity index (χ3n) is 3.70. The van der Waals surface area contributed by atoms with Crippen LogP contribution in [0.4, 0.5) is 0 Å². The molecule has 1 atom stereocenters. The van der Waals surface area contributed by atoms with Gasteiger partial charge in [0.25, 0.3) is 5.91 Å². The van der Waals surface area contributed by atoms with Crippen LogP contribution in [0.15, 0.2) is 24.5 Å². The molecule has 0 radical (unpaired) electrons. The Hall–Kier alpha value is -1.95. The molecule has 6 heteroatoms. The predicted molar refractivity (Wildman–Crippen MR) is 79.6 cm³/mol. The van der Waals surface area contributed by atoms with E-state index in [-0.39, 0.29) is 17.9 Å². The third kappa shape index (κ3) is 4.26. The highest BCUT2D eigenvalue weighted by molar-refractivity contribution is 5.94. The van der Waals surface area contributed by atoms with E-state index in [2.05, 4.69) is 10.3 Å². The standard InChI is InChI=1S/C15H22N4O2/c16-7-6-14(20)18-11-13-5-1-2-9-19(13)15(21)12-4-3-8-17-10-12/h3-4,8,10,13H,1-2,5-7,9,11,16H2,(H,18,20). The van der Waals surface area contributed by atoms with Crippen LogP contribution in [0.3, 0.4) is 0 Å². The van der Waals surface area contributed by atoms with Gasteiger partial charge >= 0.3 is 0 Å². The SMILES string of the molecule is NCCC(=O)NCC1CCCCN1C(=O)c1cccnc1. The van der Waals surface area contributed by atoms with E-state index in [4.69, 9.17) is 5.73 Å². The number of hydrogen-bond donors (Lipinski definition) is 2. The summed E-state index contributed by atoms with van der Waals surface area (Å²) in [6.07, 6.45) is 6.55. The van der Waals surface area contributed by atoms with Gasteiger partial charge in [0.1, 0.15) is 0 Å². The molecule has 0 aromatic carbocycles. The zero-order valence-electron chi connectivity index (χ0n) is 12.1. The van der Waals surface area contributed by atoms with Gasteiger partial charge in [0.15, 0.2) is 0 Å². The first kappa shape index (κ1) is 15.4. The van der Waals surface area contributed by atoms with Gasteiger partial charge in [-0.1, -0.05) is 0 Å². The molecule has 21 heavy (non-hydrogen) atoms. The first-order valence-corrected chi connectivity index (χ1v) is 7.40. The Morgan fingerprint density at radius 2 is 2.29 bits per heavy atom. The van der Waals surface area contributed by atoms with Gasteiger partial charge in [-0.15, -0.1) is 0 Å². The maximum Gasteiger partial charge on any atom is 0.255 e. The second kappa shape index (κ2) is 7.73. The van der Waals surface area contributed by atoms with Crippen LogP contribution in [0, 0.1) is 0 Å². The van der Waals surface area contributed by atoms with Crippen LogP contribution in [0.2, 0.25) is 0 Å². The highest BCUT2D eigenvalue weighted by Crippen LogP contribution is 2.19. The Bertz CT molecular complexity index is 478. The number of likely N-dealkylation sites (tertiary alicyclic amines) is 1. The summed E-state index contributed by atoms with van der Waals surface area (Å²) in [7, 11) is 0. The molecule has 0 aliphatic carbocycles. The van der Waals surface area contributed by atoms with Gasteiger partial charge in [0.2, 0.25) is 5.91 Å². The van der Waals surface area contributed by atoms with Crippen LogP contribution >= 0.6 is 0 Å². The average Bonchev–Trinajstić information content (AvgIpc) is 2.54. The summed E-state index contributed by atoms with van der Waals surface area (Å²) in [6.45, 7) is 1.56. The van der Waals surface area contributed by atoms with Crippen molar-refractivity contribution in [3.8, 4) is 0 Å². The minimum atomic E-state index is -0.0585. The van der Waals surface area contributed by atoms with Crippen molar-refractivity contribution >= 4 is 11.8 Å². The highest BCUT2D eigenvalue weighted by atomic mass is 16.2. The number of nitrogens with zero attached hydrogens (tertiary/aromatic N) is 2. The smallest absolute Gasteiger partial charge is 0.255 e. The fourth-order valence-electron chi connectivity index (χ4n) is 2.59. The molecule has 1 saturated heterocycles. The number of nitrogens with one attached hydrogen (secondary N) is 1. The van der Waals surface area contributed by atoms with Crippen molar-refractivity contribution in [1.82, 2.24) is 15.2 Å². The van der Waals surface area contributed by atoms with Crippen LogP contribution in [0.25, 0.3) is 0 Å². The zero-order valence-corrected chi connectivity index (χ0v) is 12.1. The fraction of sp³-hybridized carbons (Fsp3) is 0.533. The molecule has 2 rings (SSSR count). The Labute approximate surface area is 124 Å². The van der Waals surface area contributed by atoms with Gasteiger partial charge in [-0.25, -0.2) is 0 Å². The van der Waals surface area contributed by atoms with Crippen molar-refractivity contribution < 1.29 is 9.59 Å². The Kier molecular flexibility index (Phi) is 5.68. The van der Waals surface area contributed by atoms with Gasteiger partial charge in [-0.2, -0.15) is 0 Å². The number of aromatic nitrogens is 1. The lowest BCUT2D eigenvalue weighted by molar-refractivity contribution is -0.121. The van der Waals surface area contributed by atoms with E-state index in [1.54, 1.807) is 24.5 Å². The van der Waals surface area contributed by atoms with Crippen LogP contribution in [0.5, 0.6) is 0 Å². The summed E-state index contributed by atoms with van der Waals surface area (Å²) < 4.78 is 0. The van der Waals surface area contributed by atoms with E-state index in [1.807, 2.05) is 4.90 Å². The van der Waals surface area contributed by atoms with Gasteiger partial charge in [0.05, 0.1) is 5.56 Å². The highest BCUT2D eigenvalue weighted by Gasteiger charge is 2.27. The third-order valence-corrected chi connectivity index (χ3v) is 3.70. The van der Waals surface area contributed by atoms with Crippen LogP contribution in [-0.2, 0) is 4.79 Å². The maximum atomic E-state index is 12.5. The molecule has 3 N–H and O–H groups in total. The maximum absolute atomic E-state index is 12.5. The van der Waals surface area contributed by atoms with Crippen molar-refractivity contribution in [2.24, 2.45) is 5.73 Å². The van der Waals surface area contributed by atoms with Gasteiger partial charge in [-0.3, -0.25) is 14.6 Å². The molecule has 1 aliphatic heterocycles. The second-order valence-corrected chi connectivity index (χ2v) is 5.23. The molecule has 1 aromatic rings. The number of carbonyl (C=O) groups excluding carboxylic acids is 2. The van der Waals surface area contributed by atoms with E-state index in [0.29, 0.717) is 25.1 Å². The molecule has 6 nitrogen and oxygen atoms in total. The summed E-state index contributed by atoms with van der Waals surface area (Å²) in [4.78, 5) is 29.9. The van der Waals surface area contributed by atoms with E-state index >= 15 is 0 Å². The van der Waals surface area contributed by atoms with Crippen molar-refractivity contribution in [3.05, 3.63) is 30.1 Å². The number of nitrogens with two attached hydrogens (primary N) is 1. The van der Waals surface area contributed by atoms with Crippen molar-refractivity contribution in [2.45, 2.75) is 31.7 Å². The Balaban J connectivity index is 1.98. The molecule has 2 heterocycles. The van der Waals surface area contributed by atoms with Crippen molar-refractivity contribution in [2.75, 3.05) is 19.6 Å². The first-order valence-electron chi connectivity index (χ1n) is 7.40. The number of rotatable bonds is 5. The van der Waals surface area contributed by atoms with Crippen LogP contribution in [0.1, 0.15) is 36.0 Å². The van der Waals surface area contributed by atoms with Crippen LogP contribution < -0.4 is 11.1 Å². The zero-order chi connectivity index (χ0) is 15.1. The topological polar surface area (TPSA) is 88.3 Å². The van der Waals surface area contributed by atoms with E-state index < -0.39 is 0 Å². The number of piperidine rings is 1. The number of hydrogen-bond acceptors (Lipinski definition) is 4. The second-order valence-electron chi connectivity index (χ2n) is 5.23. The van der Waals surface area contributed by atoms with Gasteiger partial charge < -0.3 is 16.0 Å². The number of amides is 2. The predicted octanol–water partition coefficient (Wildman–Crippen LogP) is 0.541. The Morgan fingerprint density at radius 1 is 1.43 bits per heavy atom. The fourth-order valence-corrected chi connectivity index (χ4v) is 2.59. The van der Waals surface area contributed by atoms with Crippen LogP contribution in [-0.4, -0.2) is 47.4 Å². The Morgan fingerprint density at radius 3 is 3.00 bits per heavy atom. The lowest BCUT2D eigenvalue weighted by atomic mass is 10.0. The molecule has 1 unspecified atom stereocenters. The largest absolute Gasteiger partial charge is 0.354 e. The summed E-state index contributed by atoms with van der Waals surface area (Å²) in [6, 6.07) is 3.58. The number of carbonyl (C=O) groups is 2. The summed E-state index contributed by atoms with van der Waals surface area (Å²) in [5.41, 5.74) is 5.95. The quantitative estimate of drug-likeness (QED) is 0.828. The molecular weight excluding hydrogens is 268 g/mol. The normalized spacial score (nSPS) is 18.3. The molecule has 114 valence electrons. The van der Waals surface area contributed by atoms with Crippen molar-refractivity contribution in [1.29, 1.82) is 0 Å². The first-order chi connectivity index (χ1) is 10.2. The lowest BCUT2D eigenvalue weighted by Gasteiger charge is -2.36. The summed E-state index contributed by atoms with van der Waals surface area (Å²) in [5.74, 6) is -0.0716. The average molecular weight is 290 g/mol. The summed E-state index contributed by atoms with van der Waals surface area (Å²) >= 11 is 0. The van der Waals surface area contributed by atoms with E-state index in [1.165, 1.54) is 0 Å². The molecular formula is C15H22N4O2. The molecule has 1 aromatic heterocycles. The molecule has 1 fully saturated rings. The number of pyridine rings is 1. The molecule has 2 amide bonds. The van der Waals surface area contributed by atoms with E-state index in [0.717, 1.165) is 25.8 Å².